The number of hydrogen-bond donors (Lipinski definition) is 2. The molecule has 1 unspecified atom stereocenters. The zero-order valence-corrected chi connectivity index (χ0v) is 19.8. The molecule has 0 aromatic heterocycles. The number of rotatable bonds is 12. The van der Waals surface area contributed by atoms with Crippen LogP contribution in [0.3, 0.4) is 0 Å². The van der Waals surface area contributed by atoms with E-state index in [1.165, 1.54) is 12.0 Å². The summed E-state index contributed by atoms with van der Waals surface area (Å²) in [6.07, 6.45) is 7.10. The number of benzene rings is 1. The van der Waals surface area contributed by atoms with E-state index in [1.54, 1.807) is 4.90 Å². The van der Waals surface area contributed by atoms with Crippen molar-refractivity contribution in [2.75, 3.05) is 19.7 Å². The van der Waals surface area contributed by atoms with Gasteiger partial charge in [0.15, 0.2) is 5.11 Å². The predicted octanol–water partition coefficient (Wildman–Crippen LogP) is 3.11. The second kappa shape index (κ2) is 14.6. The van der Waals surface area contributed by atoms with E-state index in [9.17, 15) is 14.4 Å². The lowest BCUT2D eigenvalue weighted by molar-refractivity contribution is -0.147. The van der Waals surface area contributed by atoms with Crippen LogP contribution in [0.2, 0.25) is 0 Å². The summed E-state index contributed by atoms with van der Waals surface area (Å²) < 4.78 is 5.33. The Hall–Kier alpha value is -2.48. The molecule has 1 atom stereocenters. The molecule has 2 N–H and O–H groups in total. The SMILES string of the molecule is CCCCCCCC(=O)NC(=S)N1CCNC(=O)C1CC(=O)OCCCc1ccccc1. The Balaban J connectivity index is 1.76. The lowest BCUT2D eigenvalue weighted by Gasteiger charge is -2.36. The van der Waals surface area contributed by atoms with Crippen LogP contribution < -0.4 is 10.6 Å². The van der Waals surface area contributed by atoms with Gasteiger partial charge >= 0.3 is 5.97 Å². The number of carbonyl (C=O) groups is 3. The third kappa shape index (κ3) is 9.34. The highest BCUT2D eigenvalue weighted by Crippen LogP contribution is 2.12. The van der Waals surface area contributed by atoms with Gasteiger partial charge in [-0.05, 0) is 37.0 Å². The highest BCUT2D eigenvalue weighted by molar-refractivity contribution is 7.80. The topological polar surface area (TPSA) is 87.7 Å². The number of piperazine rings is 1. The molecule has 1 aromatic rings. The lowest BCUT2D eigenvalue weighted by atomic mass is 10.1. The van der Waals surface area contributed by atoms with E-state index in [-0.39, 0.29) is 23.3 Å². The zero-order valence-electron chi connectivity index (χ0n) is 18.9. The summed E-state index contributed by atoms with van der Waals surface area (Å²) in [4.78, 5) is 38.5. The highest BCUT2D eigenvalue weighted by atomic mass is 32.1. The van der Waals surface area contributed by atoms with E-state index >= 15 is 0 Å². The second-order valence-corrected chi connectivity index (χ2v) is 8.42. The Morgan fingerprint density at radius 2 is 1.91 bits per heavy atom. The molecule has 1 aromatic carbocycles. The summed E-state index contributed by atoms with van der Waals surface area (Å²) in [5.41, 5.74) is 1.19. The molecule has 1 saturated heterocycles. The van der Waals surface area contributed by atoms with Gasteiger partial charge in [0, 0.05) is 19.5 Å². The van der Waals surface area contributed by atoms with Gasteiger partial charge in [0.1, 0.15) is 6.04 Å². The summed E-state index contributed by atoms with van der Waals surface area (Å²) in [5, 5.41) is 5.67. The van der Waals surface area contributed by atoms with Gasteiger partial charge in [-0.25, -0.2) is 0 Å². The molecule has 2 amide bonds. The molecule has 1 heterocycles. The van der Waals surface area contributed by atoms with E-state index in [1.807, 2.05) is 30.3 Å². The molecule has 2 rings (SSSR count). The molecule has 1 aliphatic heterocycles. The maximum Gasteiger partial charge on any atom is 0.308 e. The van der Waals surface area contributed by atoms with Crippen LogP contribution >= 0.6 is 12.2 Å². The van der Waals surface area contributed by atoms with Crippen LogP contribution in [0.1, 0.15) is 63.9 Å². The summed E-state index contributed by atoms with van der Waals surface area (Å²) in [7, 11) is 0. The van der Waals surface area contributed by atoms with E-state index in [2.05, 4.69) is 17.6 Å². The zero-order chi connectivity index (χ0) is 23.2. The monoisotopic (exact) mass is 461 g/mol. The van der Waals surface area contributed by atoms with Crippen molar-refractivity contribution in [3.63, 3.8) is 0 Å². The quantitative estimate of drug-likeness (QED) is 0.283. The smallest absolute Gasteiger partial charge is 0.308 e. The van der Waals surface area contributed by atoms with Crippen molar-refractivity contribution < 1.29 is 19.1 Å². The highest BCUT2D eigenvalue weighted by Gasteiger charge is 2.34. The van der Waals surface area contributed by atoms with Crippen molar-refractivity contribution >= 4 is 35.1 Å². The number of nitrogens with one attached hydrogen (secondary N) is 2. The molecule has 7 nitrogen and oxygen atoms in total. The van der Waals surface area contributed by atoms with Crippen LogP contribution in [0.25, 0.3) is 0 Å². The molecule has 0 radical (unpaired) electrons. The van der Waals surface area contributed by atoms with Gasteiger partial charge in [0.2, 0.25) is 11.8 Å². The minimum absolute atomic E-state index is 0.107. The molecular formula is C24H35N3O4S. The molecule has 32 heavy (non-hydrogen) atoms. The minimum Gasteiger partial charge on any atom is -0.466 e. The van der Waals surface area contributed by atoms with Gasteiger partial charge in [-0.3, -0.25) is 14.4 Å². The maximum atomic E-state index is 12.4. The molecule has 0 aliphatic carbocycles. The average molecular weight is 462 g/mol. The van der Waals surface area contributed by atoms with E-state index in [0.717, 1.165) is 32.1 Å². The first-order chi connectivity index (χ1) is 15.5. The molecule has 8 heteroatoms. The fourth-order valence-electron chi connectivity index (χ4n) is 3.63. The van der Waals surface area contributed by atoms with Gasteiger partial charge < -0.3 is 20.3 Å². The molecule has 0 saturated carbocycles. The number of esters is 1. The number of thiocarbonyl (C=S) groups is 1. The first-order valence-electron chi connectivity index (χ1n) is 11.6. The predicted molar refractivity (Wildman–Crippen MR) is 128 cm³/mol. The summed E-state index contributed by atoms with van der Waals surface area (Å²) in [5.74, 6) is -0.886. The molecule has 0 bridgehead atoms. The fraction of sp³-hybridized carbons (Fsp3) is 0.583. The summed E-state index contributed by atoms with van der Waals surface area (Å²) in [6, 6.07) is 9.21. The first kappa shape index (κ1) is 25.8. The number of aryl methyl sites for hydroxylation is 1. The second-order valence-electron chi connectivity index (χ2n) is 8.03. The van der Waals surface area contributed by atoms with Crippen LogP contribution in [0.15, 0.2) is 30.3 Å². The standard InChI is InChI=1S/C24H35N3O4S/c1-2-3-4-5-9-14-21(28)26-24(32)27-16-15-25-23(30)20(27)18-22(29)31-17-10-13-19-11-7-6-8-12-19/h6-8,11-12,20H,2-5,9-10,13-18H2,1H3,(H,25,30)(H,26,28,32). The molecule has 1 fully saturated rings. The fourth-order valence-corrected chi connectivity index (χ4v) is 3.96. The number of carbonyl (C=O) groups excluding carboxylic acids is 3. The Kier molecular flexibility index (Phi) is 11.7. The van der Waals surface area contributed by atoms with Crippen LogP contribution in [0.5, 0.6) is 0 Å². The van der Waals surface area contributed by atoms with E-state index in [0.29, 0.717) is 32.5 Å². The normalized spacial score (nSPS) is 15.7. The van der Waals surface area contributed by atoms with E-state index in [4.69, 9.17) is 17.0 Å². The van der Waals surface area contributed by atoms with Crippen molar-refractivity contribution in [2.45, 2.75) is 70.8 Å². The van der Waals surface area contributed by atoms with Crippen molar-refractivity contribution in [2.24, 2.45) is 0 Å². The van der Waals surface area contributed by atoms with Crippen molar-refractivity contribution in [1.82, 2.24) is 15.5 Å². The van der Waals surface area contributed by atoms with Crippen molar-refractivity contribution in [1.29, 1.82) is 0 Å². The largest absolute Gasteiger partial charge is 0.466 e. The van der Waals surface area contributed by atoms with Gasteiger partial charge in [-0.1, -0.05) is 62.9 Å². The summed E-state index contributed by atoms with van der Waals surface area (Å²) in [6.45, 7) is 3.29. The average Bonchev–Trinajstić information content (AvgIpc) is 2.78. The van der Waals surface area contributed by atoms with E-state index < -0.39 is 12.0 Å². The molecule has 176 valence electrons. The van der Waals surface area contributed by atoms with Crippen molar-refractivity contribution in [3.8, 4) is 0 Å². The van der Waals surface area contributed by atoms with Crippen LogP contribution in [-0.2, 0) is 25.5 Å². The molecule has 1 aliphatic rings. The van der Waals surface area contributed by atoms with Crippen LogP contribution in [-0.4, -0.2) is 53.5 Å². The summed E-state index contributed by atoms with van der Waals surface area (Å²) >= 11 is 5.38. The van der Waals surface area contributed by atoms with Crippen LogP contribution in [0, 0.1) is 0 Å². The number of unbranched alkanes of at least 4 members (excludes halogenated alkanes) is 4. The Labute approximate surface area is 196 Å². The Bertz CT molecular complexity index is 757. The van der Waals surface area contributed by atoms with Gasteiger partial charge in [-0.15, -0.1) is 0 Å². The van der Waals surface area contributed by atoms with Gasteiger partial charge in [0.25, 0.3) is 0 Å². The Morgan fingerprint density at radius 3 is 2.66 bits per heavy atom. The first-order valence-corrected chi connectivity index (χ1v) is 12.0. The van der Waals surface area contributed by atoms with Crippen LogP contribution in [0.4, 0.5) is 0 Å². The number of nitrogens with zero attached hydrogens (tertiary/aromatic N) is 1. The maximum absolute atomic E-state index is 12.4. The molecule has 0 spiro atoms. The minimum atomic E-state index is -0.775. The Morgan fingerprint density at radius 1 is 1.16 bits per heavy atom. The third-order valence-electron chi connectivity index (χ3n) is 5.42. The number of ether oxygens (including phenoxy) is 1. The van der Waals surface area contributed by atoms with Gasteiger partial charge in [-0.2, -0.15) is 0 Å². The lowest BCUT2D eigenvalue weighted by Crippen LogP contribution is -2.60. The molecular weight excluding hydrogens is 426 g/mol. The van der Waals surface area contributed by atoms with Crippen molar-refractivity contribution in [3.05, 3.63) is 35.9 Å². The number of hydrogen-bond acceptors (Lipinski definition) is 5. The van der Waals surface area contributed by atoms with Gasteiger partial charge in [0.05, 0.1) is 13.0 Å². The number of amides is 2. The third-order valence-corrected chi connectivity index (χ3v) is 5.76.